The van der Waals surface area contributed by atoms with Crippen LogP contribution < -0.4 is 10.2 Å². The largest absolute Gasteiger partial charge is 0.361 e. The van der Waals surface area contributed by atoms with Crippen molar-refractivity contribution in [1.82, 2.24) is 20.1 Å². The first-order chi connectivity index (χ1) is 12.5. The zero-order valence-electron chi connectivity index (χ0n) is 14.2. The molecule has 8 heteroatoms. The molecule has 7 nitrogen and oxygen atoms in total. The van der Waals surface area contributed by atoms with Crippen LogP contribution in [0.2, 0.25) is 0 Å². The van der Waals surface area contributed by atoms with E-state index in [1.807, 2.05) is 0 Å². The fourth-order valence-corrected chi connectivity index (χ4v) is 3.44. The van der Waals surface area contributed by atoms with Crippen LogP contribution in [0.1, 0.15) is 12.5 Å². The number of anilines is 1. The maximum absolute atomic E-state index is 13.4. The van der Waals surface area contributed by atoms with E-state index in [1.165, 1.54) is 19.1 Å². The molecule has 0 radical (unpaired) electrons. The van der Waals surface area contributed by atoms with Crippen LogP contribution in [0.3, 0.4) is 0 Å². The third-order valence-electron chi connectivity index (χ3n) is 4.60. The minimum atomic E-state index is -0.710. The molecule has 0 saturated heterocycles. The van der Waals surface area contributed by atoms with Crippen LogP contribution in [0.25, 0.3) is 10.9 Å². The predicted molar refractivity (Wildman–Crippen MR) is 94.1 cm³/mol. The van der Waals surface area contributed by atoms with Crippen molar-refractivity contribution in [3.63, 3.8) is 0 Å². The molecule has 0 saturated carbocycles. The second-order valence-electron chi connectivity index (χ2n) is 6.36. The topological polar surface area (TPSA) is 83.0 Å². The second kappa shape index (κ2) is 6.29. The maximum atomic E-state index is 13.4. The van der Waals surface area contributed by atoms with E-state index in [-0.39, 0.29) is 17.6 Å². The number of hydrogen-bond donors (Lipinski definition) is 2. The van der Waals surface area contributed by atoms with E-state index >= 15 is 0 Å². The first-order valence-electron chi connectivity index (χ1n) is 8.39. The van der Waals surface area contributed by atoms with Gasteiger partial charge in [-0.3, -0.25) is 14.5 Å². The highest BCUT2D eigenvalue weighted by atomic mass is 19.1. The Morgan fingerprint density at radius 1 is 1.35 bits per heavy atom. The van der Waals surface area contributed by atoms with Gasteiger partial charge in [0.05, 0.1) is 12.7 Å². The fraction of sp³-hybridized carbons (Fsp3) is 0.278. The molecule has 0 aliphatic carbocycles. The molecule has 4 rings (SSSR count). The molecule has 2 amide bonds. The van der Waals surface area contributed by atoms with E-state index in [4.69, 9.17) is 0 Å². The van der Waals surface area contributed by atoms with Crippen molar-refractivity contribution in [3.8, 4) is 0 Å². The van der Waals surface area contributed by atoms with Crippen molar-refractivity contribution in [3.05, 3.63) is 48.0 Å². The van der Waals surface area contributed by atoms with E-state index < -0.39 is 6.04 Å². The summed E-state index contributed by atoms with van der Waals surface area (Å²) in [4.78, 5) is 29.4. The van der Waals surface area contributed by atoms with Crippen LogP contribution in [0.4, 0.5) is 10.2 Å². The summed E-state index contributed by atoms with van der Waals surface area (Å²) in [5.41, 5.74) is 1.51. The van der Waals surface area contributed by atoms with E-state index in [0.717, 1.165) is 16.8 Å². The Morgan fingerprint density at radius 3 is 3.00 bits per heavy atom. The fourth-order valence-electron chi connectivity index (χ4n) is 3.44. The lowest BCUT2D eigenvalue weighted by Crippen LogP contribution is -2.49. The smallest absolute Gasteiger partial charge is 0.251 e. The highest BCUT2D eigenvalue weighted by Gasteiger charge is 2.31. The SMILES string of the molecule is CC(=O)NC(Cc1c[nH]c2cc(F)ccc12)C(=O)N1CCn2nccc21. The number of aromatic nitrogens is 3. The summed E-state index contributed by atoms with van der Waals surface area (Å²) in [7, 11) is 0. The first-order valence-corrected chi connectivity index (χ1v) is 8.39. The van der Waals surface area contributed by atoms with Crippen LogP contribution in [0.15, 0.2) is 36.7 Å². The van der Waals surface area contributed by atoms with Crippen molar-refractivity contribution in [1.29, 1.82) is 0 Å². The van der Waals surface area contributed by atoms with Gasteiger partial charge in [-0.1, -0.05) is 0 Å². The third kappa shape index (κ3) is 2.83. The molecule has 2 aromatic heterocycles. The number of aromatic amines is 1. The quantitative estimate of drug-likeness (QED) is 0.746. The van der Waals surface area contributed by atoms with Gasteiger partial charge in [-0.2, -0.15) is 5.10 Å². The zero-order chi connectivity index (χ0) is 18.3. The first kappa shape index (κ1) is 16.3. The lowest BCUT2D eigenvalue weighted by Gasteiger charge is -2.23. The molecule has 134 valence electrons. The number of carbonyl (C=O) groups is 2. The van der Waals surface area contributed by atoms with Crippen LogP contribution in [0, 0.1) is 5.82 Å². The van der Waals surface area contributed by atoms with Crippen molar-refractivity contribution in [2.45, 2.75) is 25.9 Å². The maximum Gasteiger partial charge on any atom is 0.251 e. The number of fused-ring (bicyclic) bond motifs is 2. The third-order valence-corrected chi connectivity index (χ3v) is 4.60. The number of halogens is 1. The summed E-state index contributed by atoms with van der Waals surface area (Å²) < 4.78 is 15.1. The van der Waals surface area contributed by atoms with Crippen LogP contribution >= 0.6 is 0 Å². The summed E-state index contributed by atoms with van der Waals surface area (Å²) in [5.74, 6) is -0.0603. The Kier molecular flexibility index (Phi) is 3.95. The normalized spacial score (nSPS) is 14.5. The number of rotatable bonds is 4. The molecular weight excluding hydrogens is 337 g/mol. The number of H-pyrrole nitrogens is 1. The van der Waals surface area contributed by atoms with Gasteiger partial charge < -0.3 is 10.3 Å². The van der Waals surface area contributed by atoms with Crippen molar-refractivity contribution < 1.29 is 14.0 Å². The molecule has 1 atom stereocenters. The minimum Gasteiger partial charge on any atom is -0.361 e. The van der Waals surface area contributed by atoms with Gasteiger partial charge in [-0.25, -0.2) is 9.07 Å². The van der Waals surface area contributed by atoms with Gasteiger partial charge in [0.25, 0.3) is 5.91 Å². The van der Waals surface area contributed by atoms with Gasteiger partial charge in [0.15, 0.2) is 0 Å². The summed E-state index contributed by atoms with van der Waals surface area (Å²) in [6.07, 6.45) is 3.71. The molecule has 0 spiro atoms. The lowest BCUT2D eigenvalue weighted by atomic mass is 10.0. The standard InChI is InChI=1S/C18H18FN5O2/c1-11(25)22-16(18(26)23-6-7-24-17(23)4-5-21-24)8-12-10-20-15-9-13(19)2-3-14(12)15/h2-5,9-10,16,20H,6-8H2,1H3,(H,22,25). The predicted octanol–water partition coefficient (Wildman–Crippen LogP) is 1.60. The van der Waals surface area contributed by atoms with Crippen LogP contribution in [0.5, 0.6) is 0 Å². The summed E-state index contributed by atoms with van der Waals surface area (Å²) in [6, 6.07) is 5.54. The Labute approximate surface area is 148 Å². The number of hydrogen-bond acceptors (Lipinski definition) is 3. The Morgan fingerprint density at radius 2 is 2.19 bits per heavy atom. The van der Waals surface area contributed by atoms with E-state index in [0.29, 0.717) is 25.0 Å². The molecule has 3 heterocycles. The number of nitrogens with zero attached hydrogens (tertiary/aromatic N) is 3. The van der Waals surface area contributed by atoms with Gasteiger partial charge in [0, 0.05) is 43.1 Å². The number of amides is 2. The lowest BCUT2D eigenvalue weighted by molar-refractivity contribution is -0.126. The summed E-state index contributed by atoms with van der Waals surface area (Å²) in [6.45, 7) is 2.55. The highest BCUT2D eigenvalue weighted by Crippen LogP contribution is 2.24. The van der Waals surface area contributed by atoms with Crippen LogP contribution in [-0.2, 0) is 22.6 Å². The molecule has 1 unspecified atom stereocenters. The molecule has 0 bridgehead atoms. The second-order valence-corrected chi connectivity index (χ2v) is 6.36. The van der Waals surface area contributed by atoms with E-state index in [2.05, 4.69) is 15.4 Å². The molecule has 2 N–H and O–H groups in total. The molecule has 1 aliphatic heterocycles. The molecule has 0 fully saturated rings. The summed E-state index contributed by atoms with van der Waals surface area (Å²) in [5, 5.41) is 7.75. The van der Waals surface area contributed by atoms with Crippen molar-refractivity contribution in [2.75, 3.05) is 11.4 Å². The minimum absolute atomic E-state index is 0.184. The summed E-state index contributed by atoms with van der Waals surface area (Å²) >= 11 is 0. The molecule has 1 aromatic carbocycles. The van der Waals surface area contributed by atoms with E-state index in [9.17, 15) is 14.0 Å². The monoisotopic (exact) mass is 355 g/mol. The number of carbonyl (C=O) groups excluding carboxylic acids is 2. The van der Waals surface area contributed by atoms with Crippen molar-refractivity contribution >= 4 is 28.5 Å². The Hall–Kier alpha value is -3.16. The zero-order valence-corrected chi connectivity index (χ0v) is 14.2. The average Bonchev–Trinajstić information content (AvgIpc) is 3.28. The molecular formula is C18H18FN5O2. The van der Waals surface area contributed by atoms with Gasteiger partial charge in [-0.05, 0) is 23.8 Å². The van der Waals surface area contributed by atoms with Gasteiger partial charge >= 0.3 is 0 Å². The highest BCUT2D eigenvalue weighted by molar-refractivity contribution is 5.99. The average molecular weight is 355 g/mol. The van der Waals surface area contributed by atoms with Crippen LogP contribution in [-0.4, -0.2) is 39.2 Å². The molecule has 1 aliphatic rings. The van der Waals surface area contributed by atoms with Gasteiger partial charge in [0.2, 0.25) is 5.91 Å². The number of nitrogens with one attached hydrogen (secondary N) is 2. The van der Waals surface area contributed by atoms with Gasteiger partial charge in [0.1, 0.15) is 17.7 Å². The Bertz CT molecular complexity index is 993. The van der Waals surface area contributed by atoms with Crippen molar-refractivity contribution in [2.24, 2.45) is 0 Å². The number of benzene rings is 1. The van der Waals surface area contributed by atoms with E-state index in [1.54, 1.807) is 34.1 Å². The Balaban J connectivity index is 1.62. The molecule has 26 heavy (non-hydrogen) atoms. The molecule has 3 aromatic rings. The van der Waals surface area contributed by atoms with Gasteiger partial charge in [-0.15, -0.1) is 0 Å².